The normalized spacial score (nSPS) is 20.8. The van der Waals surface area contributed by atoms with Crippen LogP contribution in [0.1, 0.15) is 38.7 Å². The van der Waals surface area contributed by atoms with Crippen molar-refractivity contribution in [3.05, 3.63) is 40.2 Å². The first-order valence-electron chi connectivity index (χ1n) is 11.5. The molecule has 168 valence electrons. The lowest BCUT2D eigenvalue weighted by atomic mass is 10.0. The summed E-state index contributed by atoms with van der Waals surface area (Å²) in [5, 5.41) is 0.919. The lowest BCUT2D eigenvalue weighted by Crippen LogP contribution is -2.51. The molecule has 0 bridgehead atoms. The van der Waals surface area contributed by atoms with E-state index in [1.54, 1.807) is 12.1 Å². The van der Waals surface area contributed by atoms with Crippen molar-refractivity contribution >= 4 is 16.9 Å². The maximum Gasteiger partial charge on any atom is 0.336 e. The van der Waals surface area contributed by atoms with Crippen LogP contribution in [0, 0.1) is 0 Å². The molecule has 1 atom stereocenters. The Bertz CT molecular complexity index is 965. The number of ether oxygens (including phenoxy) is 1. The van der Waals surface area contributed by atoms with Gasteiger partial charge in [0.15, 0.2) is 0 Å². The molecule has 2 fully saturated rings. The van der Waals surface area contributed by atoms with E-state index in [2.05, 4.69) is 21.6 Å². The molecule has 2 aliphatic rings. The summed E-state index contributed by atoms with van der Waals surface area (Å²) in [5.41, 5.74) is 1.22. The van der Waals surface area contributed by atoms with Gasteiger partial charge in [-0.05, 0) is 56.9 Å². The Balaban J connectivity index is 1.37. The molecule has 4 rings (SSSR count). The SMILES string of the molecule is CCOc1ccc2oc(=O)cc(CN3CCN(CC(=O)N4CCCC[C@H]4C)CC3)c2c1. The van der Waals surface area contributed by atoms with Gasteiger partial charge in [-0.15, -0.1) is 0 Å². The van der Waals surface area contributed by atoms with Crippen molar-refractivity contribution in [2.75, 3.05) is 45.9 Å². The third-order valence-electron chi connectivity index (χ3n) is 6.45. The zero-order chi connectivity index (χ0) is 21.8. The maximum atomic E-state index is 12.7. The zero-order valence-corrected chi connectivity index (χ0v) is 18.6. The van der Waals surface area contributed by atoms with Crippen LogP contribution in [0.3, 0.4) is 0 Å². The Morgan fingerprint density at radius 2 is 1.87 bits per heavy atom. The maximum absolute atomic E-state index is 12.7. The monoisotopic (exact) mass is 427 g/mol. The molecule has 0 saturated carbocycles. The summed E-state index contributed by atoms with van der Waals surface area (Å²) in [6.07, 6.45) is 3.46. The first-order chi connectivity index (χ1) is 15.0. The second kappa shape index (κ2) is 9.83. The molecule has 2 saturated heterocycles. The van der Waals surface area contributed by atoms with Crippen molar-refractivity contribution < 1.29 is 13.9 Å². The van der Waals surface area contributed by atoms with Crippen LogP contribution in [-0.2, 0) is 11.3 Å². The summed E-state index contributed by atoms with van der Waals surface area (Å²) >= 11 is 0. The highest BCUT2D eigenvalue weighted by Crippen LogP contribution is 2.24. The second-order valence-electron chi connectivity index (χ2n) is 8.67. The van der Waals surface area contributed by atoms with E-state index in [0.717, 1.165) is 62.3 Å². The summed E-state index contributed by atoms with van der Waals surface area (Å²) in [4.78, 5) is 31.4. The van der Waals surface area contributed by atoms with Gasteiger partial charge in [-0.1, -0.05) is 0 Å². The molecule has 7 nitrogen and oxygen atoms in total. The van der Waals surface area contributed by atoms with E-state index >= 15 is 0 Å². The minimum absolute atomic E-state index is 0.260. The van der Waals surface area contributed by atoms with Crippen molar-refractivity contribution in [2.24, 2.45) is 0 Å². The molecule has 2 aliphatic heterocycles. The van der Waals surface area contributed by atoms with Crippen molar-refractivity contribution in [2.45, 2.75) is 45.7 Å². The van der Waals surface area contributed by atoms with Crippen LogP contribution >= 0.6 is 0 Å². The fourth-order valence-corrected chi connectivity index (χ4v) is 4.69. The number of carbonyl (C=O) groups is 1. The number of nitrogens with zero attached hydrogens (tertiary/aromatic N) is 3. The molecule has 1 amide bonds. The number of amides is 1. The average Bonchev–Trinajstić information content (AvgIpc) is 2.76. The van der Waals surface area contributed by atoms with Gasteiger partial charge in [0.2, 0.25) is 5.91 Å². The minimum atomic E-state index is -0.327. The van der Waals surface area contributed by atoms with E-state index in [9.17, 15) is 9.59 Å². The minimum Gasteiger partial charge on any atom is -0.494 e. The molecule has 31 heavy (non-hydrogen) atoms. The number of rotatable bonds is 6. The van der Waals surface area contributed by atoms with Crippen LogP contribution in [0.2, 0.25) is 0 Å². The molecule has 1 aromatic carbocycles. The number of benzene rings is 1. The van der Waals surface area contributed by atoms with E-state index in [0.29, 0.717) is 31.3 Å². The number of piperazine rings is 1. The van der Waals surface area contributed by atoms with Crippen LogP contribution in [0.15, 0.2) is 33.5 Å². The fraction of sp³-hybridized carbons (Fsp3) is 0.583. The quantitative estimate of drug-likeness (QED) is 0.661. The number of hydrogen-bond acceptors (Lipinski definition) is 6. The summed E-state index contributed by atoms with van der Waals surface area (Å²) in [5.74, 6) is 1.04. The molecule has 0 N–H and O–H groups in total. The number of fused-ring (bicyclic) bond motifs is 1. The Morgan fingerprint density at radius 3 is 2.61 bits per heavy atom. The van der Waals surface area contributed by atoms with Crippen LogP contribution in [0.4, 0.5) is 0 Å². The zero-order valence-electron chi connectivity index (χ0n) is 18.6. The van der Waals surface area contributed by atoms with Gasteiger partial charge in [0.25, 0.3) is 0 Å². The first kappa shape index (κ1) is 21.8. The van der Waals surface area contributed by atoms with Crippen molar-refractivity contribution in [3.63, 3.8) is 0 Å². The lowest BCUT2D eigenvalue weighted by Gasteiger charge is -2.38. The third-order valence-corrected chi connectivity index (χ3v) is 6.45. The van der Waals surface area contributed by atoms with E-state index in [-0.39, 0.29) is 11.5 Å². The third kappa shape index (κ3) is 5.28. The Kier molecular flexibility index (Phi) is 6.92. The average molecular weight is 428 g/mol. The molecule has 2 aromatic rings. The molecule has 7 heteroatoms. The van der Waals surface area contributed by atoms with E-state index in [4.69, 9.17) is 9.15 Å². The summed E-state index contributed by atoms with van der Waals surface area (Å²) in [7, 11) is 0. The topological polar surface area (TPSA) is 66.2 Å². The van der Waals surface area contributed by atoms with Gasteiger partial charge in [0, 0.05) is 56.8 Å². The van der Waals surface area contributed by atoms with E-state index in [1.165, 1.54) is 6.42 Å². The second-order valence-corrected chi connectivity index (χ2v) is 8.67. The molecular weight excluding hydrogens is 394 g/mol. The molecular formula is C24H33N3O4. The van der Waals surface area contributed by atoms with Crippen LogP contribution in [0.25, 0.3) is 11.0 Å². The van der Waals surface area contributed by atoms with Crippen LogP contribution in [-0.4, -0.2) is 72.5 Å². The summed E-state index contributed by atoms with van der Waals surface area (Å²) < 4.78 is 11.0. The predicted octanol–water partition coefficient (Wildman–Crippen LogP) is 2.71. The Hall–Kier alpha value is -2.38. The standard InChI is InChI=1S/C24H33N3O4/c1-3-30-20-7-8-22-21(15-20)19(14-24(29)31-22)16-25-10-12-26(13-11-25)17-23(28)27-9-5-4-6-18(27)2/h7-8,14-15,18H,3-6,9-13,16-17H2,1-2H3/t18-/m1/s1. The highest BCUT2D eigenvalue weighted by Gasteiger charge is 2.26. The van der Waals surface area contributed by atoms with Crippen LogP contribution in [0.5, 0.6) is 5.75 Å². The Morgan fingerprint density at radius 1 is 1.10 bits per heavy atom. The van der Waals surface area contributed by atoms with Gasteiger partial charge >= 0.3 is 5.63 Å². The van der Waals surface area contributed by atoms with Gasteiger partial charge in [-0.3, -0.25) is 14.6 Å². The van der Waals surface area contributed by atoms with Gasteiger partial charge in [0.1, 0.15) is 11.3 Å². The highest BCUT2D eigenvalue weighted by molar-refractivity contribution is 5.81. The molecule has 0 aliphatic carbocycles. The smallest absolute Gasteiger partial charge is 0.336 e. The predicted molar refractivity (Wildman–Crippen MR) is 120 cm³/mol. The Labute approximate surface area is 183 Å². The number of hydrogen-bond donors (Lipinski definition) is 0. The number of piperidine rings is 1. The van der Waals surface area contributed by atoms with Crippen molar-refractivity contribution in [1.82, 2.24) is 14.7 Å². The van der Waals surface area contributed by atoms with Crippen LogP contribution < -0.4 is 10.4 Å². The van der Waals surface area contributed by atoms with Gasteiger partial charge in [-0.2, -0.15) is 0 Å². The lowest BCUT2D eigenvalue weighted by molar-refractivity contribution is -0.136. The summed E-state index contributed by atoms with van der Waals surface area (Å²) in [6, 6.07) is 7.54. The molecule has 3 heterocycles. The van der Waals surface area contributed by atoms with Gasteiger partial charge in [-0.25, -0.2) is 4.79 Å². The molecule has 0 unspecified atom stereocenters. The van der Waals surface area contributed by atoms with Gasteiger partial charge < -0.3 is 14.1 Å². The van der Waals surface area contributed by atoms with E-state index in [1.807, 2.05) is 19.1 Å². The van der Waals surface area contributed by atoms with Crippen molar-refractivity contribution in [3.8, 4) is 5.75 Å². The van der Waals surface area contributed by atoms with E-state index < -0.39 is 0 Å². The number of carbonyl (C=O) groups excluding carboxylic acids is 1. The molecule has 1 aromatic heterocycles. The number of likely N-dealkylation sites (tertiary alicyclic amines) is 1. The highest BCUT2D eigenvalue weighted by atomic mass is 16.5. The largest absolute Gasteiger partial charge is 0.494 e. The summed E-state index contributed by atoms with van der Waals surface area (Å²) in [6.45, 7) is 10.2. The van der Waals surface area contributed by atoms with Crippen molar-refractivity contribution in [1.29, 1.82) is 0 Å². The first-order valence-corrected chi connectivity index (χ1v) is 11.5. The van der Waals surface area contributed by atoms with Gasteiger partial charge in [0.05, 0.1) is 13.2 Å². The molecule has 0 spiro atoms. The fourth-order valence-electron chi connectivity index (χ4n) is 4.69. The molecule has 0 radical (unpaired) electrons.